The Morgan fingerprint density at radius 2 is 2.06 bits per heavy atom. The number of methoxy groups -OCH3 is 1. The van der Waals surface area contributed by atoms with Crippen molar-refractivity contribution in [1.82, 2.24) is 9.78 Å². The first-order valence-electron chi connectivity index (χ1n) is 5.62. The van der Waals surface area contributed by atoms with Gasteiger partial charge in [0.2, 0.25) is 0 Å². The Morgan fingerprint density at radius 1 is 1.39 bits per heavy atom. The van der Waals surface area contributed by atoms with E-state index in [1.807, 2.05) is 31.2 Å². The molecule has 1 aromatic heterocycles. The summed E-state index contributed by atoms with van der Waals surface area (Å²) >= 11 is 0. The molecule has 5 nitrogen and oxygen atoms in total. The van der Waals surface area contributed by atoms with E-state index in [-0.39, 0.29) is 5.69 Å². The van der Waals surface area contributed by atoms with Crippen LogP contribution < -0.4 is 4.74 Å². The van der Waals surface area contributed by atoms with Crippen molar-refractivity contribution in [3.8, 4) is 11.4 Å². The molecule has 2 rings (SSSR count). The fourth-order valence-electron chi connectivity index (χ4n) is 1.72. The van der Waals surface area contributed by atoms with Crippen LogP contribution in [0.1, 0.15) is 23.1 Å². The summed E-state index contributed by atoms with van der Waals surface area (Å²) in [4.78, 5) is 10.9. The van der Waals surface area contributed by atoms with Crippen LogP contribution in [-0.2, 0) is 6.42 Å². The molecule has 0 aliphatic carbocycles. The van der Waals surface area contributed by atoms with Crippen molar-refractivity contribution in [3.63, 3.8) is 0 Å². The molecule has 0 radical (unpaired) electrons. The molecule has 0 unspecified atom stereocenters. The number of aromatic carboxylic acids is 1. The SMILES string of the molecule is CCc1cc(C(=O)O)nn1-c1ccc(OC)cc1. The van der Waals surface area contributed by atoms with E-state index < -0.39 is 5.97 Å². The molecule has 0 aliphatic rings. The smallest absolute Gasteiger partial charge is 0.356 e. The lowest BCUT2D eigenvalue weighted by Crippen LogP contribution is -2.03. The first kappa shape index (κ1) is 12.2. The molecule has 18 heavy (non-hydrogen) atoms. The average molecular weight is 246 g/mol. The third-order valence-electron chi connectivity index (χ3n) is 2.68. The van der Waals surface area contributed by atoms with Crippen LogP contribution in [0.25, 0.3) is 5.69 Å². The molecule has 0 bridgehead atoms. The number of carbonyl (C=O) groups is 1. The second-order valence-electron chi connectivity index (χ2n) is 3.79. The van der Waals surface area contributed by atoms with Gasteiger partial charge in [-0.15, -0.1) is 0 Å². The van der Waals surface area contributed by atoms with Crippen LogP contribution in [0.2, 0.25) is 0 Å². The fourth-order valence-corrected chi connectivity index (χ4v) is 1.72. The molecular formula is C13H14N2O3. The monoisotopic (exact) mass is 246 g/mol. The first-order valence-corrected chi connectivity index (χ1v) is 5.62. The van der Waals surface area contributed by atoms with Crippen molar-refractivity contribution in [2.45, 2.75) is 13.3 Å². The molecule has 0 saturated heterocycles. The largest absolute Gasteiger partial charge is 0.497 e. The van der Waals surface area contributed by atoms with Crippen LogP contribution in [0.4, 0.5) is 0 Å². The van der Waals surface area contributed by atoms with Gasteiger partial charge in [0, 0.05) is 5.69 Å². The Morgan fingerprint density at radius 3 is 2.56 bits per heavy atom. The minimum Gasteiger partial charge on any atom is -0.497 e. The third kappa shape index (κ3) is 2.20. The topological polar surface area (TPSA) is 64.3 Å². The molecule has 0 atom stereocenters. The highest BCUT2D eigenvalue weighted by Crippen LogP contribution is 2.17. The Labute approximate surface area is 105 Å². The predicted molar refractivity (Wildman–Crippen MR) is 66.5 cm³/mol. The van der Waals surface area contributed by atoms with Crippen LogP contribution >= 0.6 is 0 Å². The third-order valence-corrected chi connectivity index (χ3v) is 2.68. The predicted octanol–water partition coefficient (Wildman–Crippen LogP) is 2.14. The quantitative estimate of drug-likeness (QED) is 0.897. The van der Waals surface area contributed by atoms with Crippen molar-refractivity contribution in [1.29, 1.82) is 0 Å². The summed E-state index contributed by atoms with van der Waals surface area (Å²) in [5.74, 6) is -0.264. The van der Waals surface area contributed by atoms with Gasteiger partial charge in [0.15, 0.2) is 5.69 Å². The van der Waals surface area contributed by atoms with Gasteiger partial charge in [0.1, 0.15) is 5.75 Å². The molecule has 0 saturated carbocycles. The molecule has 5 heteroatoms. The van der Waals surface area contributed by atoms with E-state index in [2.05, 4.69) is 5.10 Å². The summed E-state index contributed by atoms with van der Waals surface area (Å²) in [5.41, 5.74) is 1.74. The van der Waals surface area contributed by atoms with Crippen molar-refractivity contribution in [2.75, 3.05) is 7.11 Å². The Kier molecular flexibility index (Phi) is 3.32. The zero-order chi connectivity index (χ0) is 13.1. The van der Waals surface area contributed by atoms with Gasteiger partial charge in [-0.3, -0.25) is 0 Å². The van der Waals surface area contributed by atoms with Crippen LogP contribution in [0.15, 0.2) is 30.3 Å². The van der Waals surface area contributed by atoms with Gasteiger partial charge in [-0.05, 0) is 36.8 Å². The lowest BCUT2D eigenvalue weighted by atomic mass is 10.2. The number of benzene rings is 1. The zero-order valence-corrected chi connectivity index (χ0v) is 10.3. The lowest BCUT2D eigenvalue weighted by molar-refractivity contribution is 0.0690. The maximum Gasteiger partial charge on any atom is 0.356 e. The number of aryl methyl sites for hydroxylation is 1. The molecule has 0 spiro atoms. The number of hydrogen-bond donors (Lipinski definition) is 1. The maximum atomic E-state index is 10.9. The molecule has 2 aromatic rings. The summed E-state index contributed by atoms with van der Waals surface area (Å²) < 4.78 is 6.72. The highest BCUT2D eigenvalue weighted by atomic mass is 16.5. The molecular weight excluding hydrogens is 232 g/mol. The molecule has 1 N–H and O–H groups in total. The molecule has 0 aliphatic heterocycles. The van der Waals surface area contributed by atoms with E-state index in [9.17, 15) is 4.79 Å². The van der Waals surface area contributed by atoms with Gasteiger partial charge in [-0.2, -0.15) is 5.10 Å². The van der Waals surface area contributed by atoms with Gasteiger partial charge in [0.25, 0.3) is 0 Å². The van der Waals surface area contributed by atoms with Gasteiger partial charge >= 0.3 is 5.97 Å². The summed E-state index contributed by atoms with van der Waals surface area (Å²) in [5, 5.41) is 13.0. The Hall–Kier alpha value is -2.30. The van der Waals surface area contributed by atoms with E-state index in [1.54, 1.807) is 17.9 Å². The summed E-state index contributed by atoms with van der Waals surface area (Å²) in [6.07, 6.45) is 0.715. The minimum atomic E-state index is -1.02. The van der Waals surface area contributed by atoms with E-state index in [0.717, 1.165) is 17.1 Å². The van der Waals surface area contributed by atoms with Gasteiger partial charge in [-0.25, -0.2) is 9.48 Å². The Balaban J connectivity index is 2.44. The van der Waals surface area contributed by atoms with Gasteiger partial charge in [0.05, 0.1) is 12.8 Å². The van der Waals surface area contributed by atoms with Gasteiger partial charge in [-0.1, -0.05) is 6.92 Å². The number of carboxylic acid groups (broad SMARTS) is 1. The number of hydrogen-bond acceptors (Lipinski definition) is 3. The van der Waals surface area contributed by atoms with E-state index in [0.29, 0.717) is 6.42 Å². The molecule has 94 valence electrons. The maximum absolute atomic E-state index is 10.9. The Bertz CT molecular complexity index is 558. The van der Waals surface area contributed by atoms with E-state index >= 15 is 0 Å². The fraction of sp³-hybridized carbons (Fsp3) is 0.231. The van der Waals surface area contributed by atoms with Crippen molar-refractivity contribution < 1.29 is 14.6 Å². The van der Waals surface area contributed by atoms with Crippen LogP contribution in [0.5, 0.6) is 5.75 Å². The van der Waals surface area contributed by atoms with Gasteiger partial charge < -0.3 is 9.84 Å². The van der Waals surface area contributed by atoms with Crippen molar-refractivity contribution in [3.05, 3.63) is 41.7 Å². The average Bonchev–Trinajstić information content (AvgIpc) is 2.83. The molecule has 0 amide bonds. The van der Waals surface area contributed by atoms with E-state index in [4.69, 9.17) is 9.84 Å². The number of rotatable bonds is 4. The first-order chi connectivity index (χ1) is 8.65. The minimum absolute atomic E-state index is 0.0580. The van der Waals surface area contributed by atoms with Crippen LogP contribution in [-0.4, -0.2) is 28.0 Å². The lowest BCUT2D eigenvalue weighted by Gasteiger charge is -2.06. The van der Waals surface area contributed by atoms with E-state index in [1.165, 1.54) is 0 Å². The van der Waals surface area contributed by atoms with Crippen molar-refractivity contribution >= 4 is 5.97 Å². The zero-order valence-electron chi connectivity index (χ0n) is 10.3. The highest BCUT2D eigenvalue weighted by Gasteiger charge is 2.13. The standard InChI is InChI=1S/C13H14N2O3/c1-3-9-8-12(13(16)17)14-15(9)10-4-6-11(18-2)7-5-10/h4-8H,3H2,1-2H3,(H,16,17). The summed E-state index contributed by atoms with van der Waals surface area (Å²) in [7, 11) is 1.60. The number of aromatic nitrogens is 2. The second kappa shape index (κ2) is 4.91. The van der Waals surface area contributed by atoms with Crippen LogP contribution in [0, 0.1) is 0 Å². The van der Waals surface area contributed by atoms with Crippen molar-refractivity contribution in [2.24, 2.45) is 0 Å². The number of carboxylic acids is 1. The summed E-state index contributed by atoms with van der Waals surface area (Å²) in [6, 6.07) is 8.91. The molecule has 1 heterocycles. The highest BCUT2D eigenvalue weighted by molar-refractivity contribution is 5.85. The number of ether oxygens (including phenoxy) is 1. The normalized spacial score (nSPS) is 10.3. The van der Waals surface area contributed by atoms with Crippen LogP contribution in [0.3, 0.4) is 0 Å². The summed E-state index contributed by atoms with van der Waals surface area (Å²) in [6.45, 7) is 1.96. The second-order valence-corrected chi connectivity index (χ2v) is 3.79. The molecule has 1 aromatic carbocycles. The molecule has 0 fully saturated rings. The number of nitrogens with zero attached hydrogens (tertiary/aromatic N) is 2.